The van der Waals surface area contributed by atoms with Gasteiger partial charge in [-0.15, -0.1) is 0 Å². The third-order valence-corrected chi connectivity index (χ3v) is 2.54. The number of hydrogen-bond acceptors (Lipinski definition) is 3. The molecule has 0 aliphatic rings. The Hall–Kier alpha value is -0.580. The molecule has 0 aliphatic heterocycles. The van der Waals surface area contributed by atoms with E-state index in [0.717, 1.165) is 5.56 Å². The Balaban J connectivity index is 2.95. The molecule has 0 amide bonds. The maximum Gasteiger partial charge on any atom is 0.129 e. The second kappa shape index (κ2) is 4.60. The fraction of sp³-hybridized carbons (Fsp3) is 0.333. The van der Waals surface area contributed by atoms with Crippen molar-refractivity contribution >= 4 is 15.9 Å². The molecule has 1 rings (SSSR count). The van der Waals surface area contributed by atoms with Crippen LogP contribution in [0.3, 0.4) is 0 Å². The average molecular weight is 246 g/mol. The van der Waals surface area contributed by atoms with Crippen LogP contribution in [0.4, 0.5) is 0 Å². The first-order chi connectivity index (χ1) is 6.19. The lowest BCUT2D eigenvalue weighted by molar-refractivity contribution is 0.251. The second-order valence-electron chi connectivity index (χ2n) is 2.73. The zero-order chi connectivity index (χ0) is 9.84. The molecule has 1 atom stereocenters. The van der Waals surface area contributed by atoms with Crippen LogP contribution in [0.1, 0.15) is 11.6 Å². The lowest BCUT2D eigenvalue weighted by Gasteiger charge is -2.13. The van der Waals surface area contributed by atoms with E-state index in [1.165, 1.54) is 0 Å². The minimum absolute atomic E-state index is 0.0354. The van der Waals surface area contributed by atoms with Gasteiger partial charge < -0.3 is 15.5 Å². The van der Waals surface area contributed by atoms with E-state index in [9.17, 15) is 5.11 Å². The van der Waals surface area contributed by atoms with Gasteiger partial charge in [0, 0.05) is 0 Å². The first-order valence-electron chi connectivity index (χ1n) is 3.95. The zero-order valence-corrected chi connectivity index (χ0v) is 8.87. The number of aliphatic hydroxyl groups excluding tert-OH is 1. The van der Waals surface area contributed by atoms with Gasteiger partial charge in [0.15, 0.2) is 0 Å². The molecular weight excluding hydrogens is 234 g/mol. The molecule has 0 fully saturated rings. The Morgan fingerprint density at radius 2 is 2.23 bits per heavy atom. The minimum atomic E-state index is -0.0862. The summed E-state index contributed by atoms with van der Waals surface area (Å²) in [7, 11) is 1.78. The van der Waals surface area contributed by atoms with Crippen molar-refractivity contribution in [3.8, 4) is 5.75 Å². The summed E-state index contributed by atoms with van der Waals surface area (Å²) >= 11 is 3.21. The van der Waals surface area contributed by atoms with E-state index in [0.29, 0.717) is 4.47 Å². The lowest BCUT2D eigenvalue weighted by Crippen LogP contribution is -2.19. The highest BCUT2D eigenvalue weighted by molar-refractivity contribution is 9.10. The van der Waals surface area contributed by atoms with E-state index in [1.807, 2.05) is 0 Å². The largest absolute Gasteiger partial charge is 0.507 e. The monoisotopic (exact) mass is 245 g/mol. The smallest absolute Gasteiger partial charge is 0.129 e. The van der Waals surface area contributed by atoms with Gasteiger partial charge in [0.25, 0.3) is 0 Å². The predicted molar refractivity (Wildman–Crippen MR) is 54.7 cm³/mol. The predicted octanol–water partition coefficient (Wildman–Crippen LogP) is 1.41. The Morgan fingerprint density at radius 1 is 1.54 bits per heavy atom. The number of hydrogen-bond donors (Lipinski definition) is 3. The van der Waals surface area contributed by atoms with Gasteiger partial charge in [0.2, 0.25) is 0 Å². The lowest BCUT2D eigenvalue weighted by atomic mass is 10.1. The fourth-order valence-corrected chi connectivity index (χ4v) is 1.50. The van der Waals surface area contributed by atoms with Crippen LogP contribution in [0.2, 0.25) is 0 Å². The van der Waals surface area contributed by atoms with Gasteiger partial charge in [0.05, 0.1) is 17.1 Å². The average Bonchev–Trinajstić information content (AvgIpc) is 2.13. The Labute approximate surface area is 85.5 Å². The summed E-state index contributed by atoms with van der Waals surface area (Å²) in [6.07, 6.45) is 0. The van der Waals surface area contributed by atoms with Crippen LogP contribution in [-0.4, -0.2) is 23.9 Å². The van der Waals surface area contributed by atoms with E-state index < -0.39 is 0 Å². The molecule has 3 N–H and O–H groups in total. The number of benzene rings is 1. The first-order valence-corrected chi connectivity index (χ1v) is 4.75. The summed E-state index contributed by atoms with van der Waals surface area (Å²) < 4.78 is 0.638. The third-order valence-electron chi connectivity index (χ3n) is 1.91. The summed E-state index contributed by atoms with van der Waals surface area (Å²) in [5.41, 5.74) is 0.940. The summed E-state index contributed by atoms with van der Waals surface area (Å²) in [6.45, 7) is 0.0354. The van der Waals surface area contributed by atoms with Crippen molar-refractivity contribution in [3.05, 3.63) is 28.2 Å². The van der Waals surface area contributed by atoms with Gasteiger partial charge in [-0.25, -0.2) is 0 Å². The zero-order valence-electron chi connectivity index (χ0n) is 7.29. The highest BCUT2D eigenvalue weighted by Gasteiger charge is 2.08. The number of rotatable bonds is 3. The first kappa shape index (κ1) is 10.5. The summed E-state index contributed by atoms with van der Waals surface area (Å²) in [4.78, 5) is 0. The summed E-state index contributed by atoms with van der Waals surface area (Å²) in [5, 5.41) is 21.2. The summed E-state index contributed by atoms with van der Waals surface area (Å²) in [5.74, 6) is 0.205. The molecule has 3 nitrogen and oxygen atoms in total. The van der Waals surface area contributed by atoms with E-state index in [4.69, 9.17) is 5.11 Å². The molecule has 0 radical (unpaired) electrons. The van der Waals surface area contributed by atoms with Crippen molar-refractivity contribution in [2.45, 2.75) is 6.04 Å². The highest BCUT2D eigenvalue weighted by Crippen LogP contribution is 2.26. The molecule has 72 valence electrons. The Bertz CT molecular complexity index is 287. The van der Waals surface area contributed by atoms with Crippen LogP contribution in [0, 0.1) is 0 Å². The molecule has 0 bridgehead atoms. The van der Waals surface area contributed by atoms with E-state index in [1.54, 1.807) is 25.2 Å². The molecule has 1 aromatic rings. The fourth-order valence-electron chi connectivity index (χ4n) is 1.10. The molecule has 0 heterocycles. The number of likely N-dealkylation sites (N-methyl/N-ethyl adjacent to an activating group) is 1. The van der Waals surface area contributed by atoms with Gasteiger partial charge in [0.1, 0.15) is 5.75 Å². The Kier molecular flexibility index (Phi) is 3.71. The maximum absolute atomic E-state index is 9.24. The van der Waals surface area contributed by atoms with Crippen LogP contribution < -0.4 is 5.32 Å². The highest BCUT2D eigenvalue weighted by atomic mass is 79.9. The second-order valence-corrected chi connectivity index (χ2v) is 3.59. The molecular formula is C9H12BrNO2. The number of aromatic hydroxyl groups is 1. The van der Waals surface area contributed by atoms with E-state index in [2.05, 4.69) is 21.2 Å². The standard InChI is InChI=1S/C9H12BrNO2/c1-11-8(5-12)6-2-3-9(13)7(10)4-6/h2-4,8,11-13H,5H2,1H3. The molecule has 13 heavy (non-hydrogen) atoms. The number of phenolic OH excluding ortho intramolecular Hbond substituents is 1. The van der Waals surface area contributed by atoms with Crippen molar-refractivity contribution in [1.29, 1.82) is 0 Å². The number of nitrogens with one attached hydrogen (secondary N) is 1. The Morgan fingerprint density at radius 3 is 2.69 bits per heavy atom. The molecule has 0 aliphatic carbocycles. The summed E-state index contributed by atoms with van der Waals surface area (Å²) in [6, 6.07) is 5.07. The van der Waals surface area contributed by atoms with Gasteiger partial charge >= 0.3 is 0 Å². The number of phenols is 1. The van der Waals surface area contributed by atoms with Gasteiger partial charge in [-0.3, -0.25) is 0 Å². The van der Waals surface area contributed by atoms with Gasteiger partial charge in [-0.05, 0) is 40.7 Å². The van der Waals surface area contributed by atoms with Crippen molar-refractivity contribution in [1.82, 2.24) is 5.32 Å². The van der Waals surface area contributed by atoms with Gasteiger partial charge in [-0.2, -0.15) is 0 Å². The molecule has 0 aromatic heterocycles. The molecule has 0 spiro atoms. The van der Waals surface area contributed by atoms with E-state index in [-0.39, 0.29) is 18.4 Å². The molecule has 4 heteroatoms. The SMILES string of the molecule is CNC(CO)c1ccc(O)c(Br)c1. The van der Waals surface area contributed by atoms with Crippen LogP contribution in [-0.2, 0) is 0 Å². The third kappa shape index (κ3) is 2.43. The van der Waals surface area contributed by atoms with Crippen LogP contribution in [0.5, 0.6) is 5.75 Å². The maximum atomic E-state index is 9.24. The van der Waals surface area contributed by atoms with Gasteiger partial charge in [-0.1, -0.05) is 6.07 Å². The number of halogens is 1. The molecule has 1 aromatic carbocycles. The van der Waals surface area contributed by atoms with Crippen LogP contribution in [0.15, 0.2) is 22.7 Å². The van der Waals surface area contributed by atoms with Crippen LogP contribution in [0.25, 0.3) is 0 Å². The van der Waals surface area contributed by atoms with Crippen molar-refractivity contribution in [3.63, 3.8) is 0 Å². The molecule has 0 saturated carbocycles. The van der Waals surface area contributed by atoms with Crippen molar-refractivity contribution < 1.29 is 10.2 Å². The molecule has 1 unspecified atom stereocenters. The topological polar surface area (TPSA) is 52.5 Å². The van der Waals surface area contributed by atoms with Crippen LogP contribution >= 0.6 is 15.9 Å². The minimum Gasteiger partial charge on any atom is -0.507 e. The van der Waals surface area contributed by atoms with Crippen molar-refractivity contribution in [2.75, 3.05) is 13.7 Å². The number of aliphatic hydroxyl groups is 1. The van der Waals surface area contributed by atoms with Crippen molar-refractivity contribution in [2.24, 2.45) is 0 Å². The molecule has 0 saturated heterocycles. The quantitative estimate of drug-likeness (QED) is 0.755. The van der Waals surface area contributed by atoms with E-state index >= 15 is 0 Å². The normalized spacial score (nSPS) is 12.8.